The highest BCUT2D eigenvalue weighted by molar-refractivity contribution is 5.89. The second-order valence-electron chi connectivity index (χ2n) is 4.93. The van der Waals surface area contributed by atoms with Crippen LogP contribution >= 0.6 is 0 Å². The van der Waals surface area contributed by atoms with Gasteiger partial charge in [0.1, 0.15) is 12.4 Å². The van der Waals surface area contributed by atoms with Gasteiger partial charge in [-0.05, 0) is 19.1 Å². The van der Waals surface area contributed by atoms with Crippen LogP contribution in [0.1, 0.15) is 17.3 Å². The Balaban J connectivity index is 1.91. The average Bonchev–Trinajstić information content (AvgIpc) is 2.55. The van der Waals surface area contributed by atoms with E-state index in [0.717, 1.165) is 5.82 Å². The van der Waals surface area contributed by atoms with E-state index in [1.165, 1.54) is 13.3 Å². The van der Waals surface area contributed by atoms with Gasteiger partial charge < -0.3 is 19.3 Å². The number of carbonyl (C=O) groups is 2. The minimum absolute atomic E-state index is 0.00719. The summed E-state index contributed by atoms with van der Waals surface area (Å²) in [6.45, 7) is 4.93. The summed E-state index contributed by atoms with van der Waals surface area (Å²) < 4.78 is 9.79. The van der Waals surface area contributed by atoms with E-state index in [9.17, 15) is 9.59 Å². The number of aromatic nitrogens is 1. The van der Waals surface area contributed by atoms with Crippen molar-refractivity contribution in [3.05, 3.63) is 23.9 Å². The molecule has 2 rings (SSSR count). The molecule has 1 aliphatic rings. The molecule has 7 nitrogen and oxygen atoms in total. The molecule has 0 unspecified atom stereocenters. The highest BCUT2D eigenvalue weighted by Crippen LogP contribution is 2.14. The van der Waals surface area contributed by atoms with E-state index in [1.54, 1.807) is 24.0 Å². The largest absolute Gasteiger partial charge is 0.462 e. The van der Waals surface area contributed by atoms with Crippen molar-refractivity contribution in [2.24, 2.45) is 0 Å². The maximum atomic E-state index is 11.7. The van der Waals surface area contributed by atoms with Crippen molar-refractivity contribution in [1.29, 1.82) is 0 Å². The van der Waals surface area contributed by atoms with Gasteiger partial charge in [-0.15, -0.1) is 0 Å². The topological polar surface area (TPSA) is 72.0 Å². The fourth-order valence-corrected chi connectivity index (χ4v) is 2.31. The molecule has 1 aromatic rings. The van der Waals surface area contributed by atoms with E-state index in [2.05, 4.69) is 9.88 Å². The Morgan fingerprint density at radius 1 is 1.23 bits per heavy atom. The van der Waals surface area contributed by atoms with Gasteiger partial charge in [-0.3, -0.25) is 4.79 Å². The van der Waals surface area contributed by atoms with Crippen LogP contribution in [0.3, 0.4) is 0 Å². The molecule has 0 radical (unpaired) electrons. The highest BCUT2D eigenvalue weighted by Gasteiger charge is 2.21. The monoisotopic (exact) mass is 307 g/mol. The highest BCUT2D eigenvalue weighted by atomic mass is 16.5. The first-order chi connectivity index (χ1) is 10.7. The number of nitrogens with zero attached hydrogens (tertiary/aromatic N) is 3. The van der Waals surface area contributed by atoms with Crippen molar-refractivity contribution in [3.8, 4) is 0 Å². The van der Waals surface area contributed by atoms with Crippen molar-refractivity contribution in [3.63, 3.8) is 0 Å². The van der Waals surface area contributed by atoms with Crippen LogP contribution in [0.4, 0.5) is 5.82 Å². The minimum Gasteiger partial charge on any atom is -0.462 e. The van der Waals surface area contributed by atoms with E-state index < -0.39 is 0 Å². The van der Waals surface area contributed by atoms with Crippen molar-refractivity contribution in [1.82, 2.24) is 9.88 Å². The van der Waals surface area contributed by atoms with Crippen LogP contribution in [0.5, 0.6) is 0 Å². The molecule has 1 amide bonds. The lowest BCUT2D eigenvalue weighted by molar-refractivity contribution is -0.135. The van der Waals surface area contributed by atoms with Gasteiger partial charge in [0.2, 0.25) is 5.91 Å². The molecule has 1 aromatic heterocycles. The van der Waals surface area contributed by atoms with Crippen LogP contribution in [-0.2, 0) is 14.3 Å². The molecule has 0 N–H and O–H groups in total. The van der Waals surface area contributed by atoms with Crippen LogP contribution in [0.25, 0.3) is 0 Å². The summed E-state index contributed by atoms with van der Waals surface area (Å²) in [5.74, 6) is 0.441. The Kier molecular flexibility index (Phi) is 5.71. The van der Waals surface area contributed by atoms with Gasteiger partial charge in [0, 0.05) is 39.5 Å². The third-order valence-corrected chi connectivity index (χ3v) is 3.48. The SMILES string of the molecule is CCOC(=O)c1ccc(N2CCN(C(=O)COC)CC2)nc1. The number of esters is 1. The molecule has 0 saturated carbocycles. The molecule has 0 aromatic carbocycles. The van der Waals surface area contributed by atoms with Gasteiger partial charge >= 0.3 is 5.97 Å². The third kappa shape index (κ3) is 3.94. The number of hydrogen-bond acceptors (Lipinski definition) is 6. The lowest BCUT2D eigenvalue weighted by atomic mass is 10.2. The zero-order valence-electron chi connectivity index (χ0n) is 12.9. The van der Waals surface area contributed by atoms with Crippen LogP contribution in [0.15, 0.2) is 18.3 Å². The molecule has 7 heteroatoms. The van der Waals surface area contributed by atoms with Crippen molar-refractivity contribution < 1.29 is 19.1 Å². The van der Waals surface area contributed by atoms with E-state index in [1.807, 2.05) is 0 Å². The maximum absolute atomic E-state index is 11.7. The summed E-state index contributed by atoms with van der Waals surface area (Å²) in [6.07, 6.45) is 1.52. The normalized spacial score (nSPS) is 14.8. The molecule has 120 valence electrons. The predicted molar refractivity (Wildman–Crippen MR) is 80.9 cm³/mol. The van der Waals surface area contributed by atoms with E-state index in [-0.39, 0.29) is 18.5 Å². The predicted octanol–water partition coefficient (Wildman–Crippen LogP) is 0.553. The number of ether oxygens (including phenoxy) is 2. The first kappa shape index (κ1) is 16.2. The van der Waals surface area contributed by atoms with Crippen LogP contribution < -0.4 is 4.90 Å². The number of hydrogen-bond donors (Lipinski definition) is 0. The summed E-state index contributed by atoms with van der Waals surface area (Å²) >= 11 is 0. The summed E-state index contributed by atoms with van der Waals surface area (Å²) in [5, 5.41) is 0. The van der Waals surface area contributed by atoms with Crippen LogP contribution in [-0.4, -0.2) is 68.3 Å². The quantitative estimate of drug-likeness (QED) is 0.740. The Bertz CT molecular complexity index is 510. The van der Waals surface area contributed by atoms with Gasteiger partial charge in [0.25, 0.3) is 0 Å². The Morgan fingerprint density at radius 3 is 2.50 bits per heavy atom. The number of pyridine rings is 1. The number of rotatable bonds is 5. The standard InChI is InChI=1S/C15H21N3O4/c1-3-22-15(20)12-4-5-13(16-10-12)17-6-8-18(9-7-17)14(19)11-21-2/h4-5,10H,3,6-9,11H2,1-2H3. The molecule has 0 bridgehead atoms. The molecule has 1 fully saturated rings. The molecule has 0 aliphatic carbocycles. The smallest absolute Gasteiger partial charge is 0.339 e. The Morgan fingerprint density at radius 2 is 1.95 bits per heavy atom. The number of amides is 1. The van der Waals surface area contributed by atoms with E-state index in [0.29, 0.717) is 38.3 Å². The van der Waals surface area contributed by atoms with Crippen molar-refractivity contribution >= 4 is 17.7 Å². The molecule has 1 saturated heterocycles. The summed E-state index contributed by atoms with van der Waals surface area (Å²) in [7, 11) is 1.52. The number of methoxy groups -OCH3 is 1. The zero-order chi connectivity index (χ0) is 15.9. The van der Waals surface area contributed by atoms with Crippen LogP contribution in [0, 0.1) is 0 Å². The number of carbonyl (C=O) groups excluding carboxylic acids is 2. The van der Waals surface area contributed by atoms with E-state index >= 15 is 0 Å². The first-order valence-corrected chi connectivity index (χ1v) is 7.30. The third-order valence-electron chi connectivity index (χ3n) is 3.48. The Labute approximate surface area is 129 Å². The fraction of sp³-hybridized carbons (Fsp3) is 0.533. The minimum atomic E-state index is -0.364. The second kappa shape index (κ2) is 7.74. The van der Waals surface area contributed by atoms with E-state index in [4.69, 9.17) is 9.47 Å². The molecule has 2 heterocycles. The van der Waals surface area contributed by atoms with Crippen LogP contribution in [0.2, 0.25) is 0 Å². The van der Waals surface area contributed by atoms with Gasteiger partial charge in [-0.1, -0.05) is 0 Å². The summed E-state index contributed by atoms with van der Waals surface area (Å²) in [4.78, 5) is 31.5. The summed E-state index contributed by atoms with van der Waals surface area (Å²) in [5.41, 5.74) is 0.444. The molecular weight excluding hydrogens is 286 g/mol. The lowest BCUT2D eigenvalue weighted by Crippen LogP contribution is -2.50. The van der Waals surface area contributed by atoms with Gasteiger partial charge in [-0.2, -0.15) is 0 Å². The maximum Gasteiger partial charge on any atom is 0.339 e. The molecule has 22 heavy (non-hydrogen) atoms. The second-order valence-corrected chi connectivity index (χ2v) is 4.93. The average molecular weight is 307 g/mol. The molecule has 0 spiro atoms. The Hall–Kier alpha value is -2.15. The molecular formula is C15H21N3O4. The lowest BCUT2D eigenvalue weighted by Gasteiger charge is -2.35. The number of piperazine rings is 1. The van der Waals surface area contributed by atoms with Gasteiger partial charge in [0.15, 0.2) is 0 Å². The fourth-order valence-electron chi connectivity index (χ4n) is 2.31. The zero-order valence-corrected chi connectivity index (χ0v) is 12.9. The van der Waals surface area contributed by atoms with Gasteiger partial charge in [0.05, 0.1) is 12.2 Å². The first-order valence-electron chi connectivity index (χ1n) is 7.30. The molecule has 1 aliphatic heterocycles. The molecule has 0 atom stereocenters. The summed E-state index contributed by atoms with van der Waals surface area (Å²) in [6, 6.07) is 3.52. The van der Waals surface area contributed by atoms with Gasteiger partial charge in [-0.25, -0.2) is 9.78 Å². The van der Waals surface area contributed by atoms with Crippen molar-refractivity contribution in [2.75, 3.05) is 51.4 Å². The number of anilines is 1. The van der Waals surface area contributed by atoms with Crippen molar-refractivity contribution in [2.45, 2.75) is 6.92 Å².